The van der Waals surface area contributed by atoms with E-state index in [4.69, 9.17) is 9.47 Å². The molecule has 1 N–H and O–H groups in total. The Hall–Kier alpha value is -0.380. The molecule has 6 aliphatic rings. The summed E-state index contributed by atoms with van der Waals surface area (Å²) in [6.45, 7) is 10.8. The zero-order valence-electron chi connectivity index (χ0n) is 19.5. The van der Waals surface area contributed by atoms with Gasteiger partial charge in [0.25, 0.3) is 0 Å². The van der Waals surface area contributed by atoms with E-state index in [9.17, 15) is 5.11 Å². The summed E-state index contributed by atoms with van der Waals surface area (Å²) in [5, 5.41) is 10.3. The molecule has 6 rings (SSSR count). The lowest BCUT2D eigenvalue weighted by Gasteiger charge is -2.58. The van der Waals surface area contributed by atoms with Crippen LogP contribution < -0.4 is 0 Å². The van der Waals surface area contributed by atoms with E-state index in [-0.39, 0.29) is 11.9 Å². The Balaban J connectivity index is 1.28. The Bertz CT molecular complexity index is 736. The van der Waals surface area contributed by atoms with Crippen LogP contribution in [-0.4, -0.2) is 29.7 Å². The number of aliphatic hydroxyl groups excluding tert-OH is 1. The van der Waals surface area contributed by atoms with Crippen LogP contribution in [0.25, 0.3) is 0 Å². The molecule has 0 aromatic carbocycles. The van der Waals surface area contributed by atoms with Gasteiger partial charge in [-0.25, -0.2) is 0 Å². The normalized spacial score (nSPS) is 59.8. The molecule has 5 fully saturated rings. The molecule has 0 bridgehead atoms. The lowest BCUT2D eigenvalue weighted by atomic mass is 9.47. The lowest BCUT2D eigenvalue weighted by molar-refractivity contribution is -0.272. The van der Waals surface area contributed by atoms with Gasteiger partial charge in [0.05, 0.1) is 18.8 Å². The summed E-state index contributed by atoms with van der Waals surface area (Å²) in [6.07, 6.45) is 13.5. The van der Waals surface area contributed by atoms with Crippen LogP contribution in [0.1, 0.15) is 85.5 Å². The summed E-state index contributed by atoms with van der Waals surface area (Å²) >= 11 is 0. The number of allylic oxidation sites excluding steroid dienone is 1. The number of fused-ring (bicyclic) bond motifs is 7. The van der Waals surface area contributed by atoms with Crippen LogP contribution in [0.4, 0.5) is 0 Å². The first-order valence-electron chi connectivity index (χ1n) is 13.0. The van der Waals surface area contributed by atoms with Crippen molar-refractivity contribution in [2.45, 2.75) is 103 Å². The molecular formula is C27H42O3. The van der Waals surface area contributed by atoms with Gasteiger partial charge in [0.15, 0.2) is 5.79 Å². The molecule has 1 spiro atoms. The molecule has 2 heterocycles. The van der Waals surface area contributed by atoms with Crippen molar-refractivity contribution in [2.75, 3.05) is 6.61 Å². The van der Waals surface area contributed by atoms with E-state index < -0.39 is 0 Å². The number of rotatable bonds is 0. The summed E-state index contributed by atoms with van der Waals surface area (Å²) < 4.78 is 13.3. The van der Waals surface area contributed by atoms with Crippen LogP contribution in [0.15, 0.2) is 11.6 Å². The number of hydrogen-bond donors (Lipinski definition) is 1. The topological polar surface area (TPSA) is 38.7 Å². The van der Waals surface area contributed by atoms with E-state index in [0.717, 1.165) is 43.6 Å². The minimum absolute atomic E-state index is 0.107. The van der Waals surface area contributed by atoms with Crippen LogP contribution >= 0.6 is 0 Å². The lowest BCUT2D eigenvalue weighted by Crippen LogP contribution is -2.52. The van der Waals surface area contributed by atoms with Crippen LogP contribution in [0, 0.1) is 46.3 Å². The van der Waals surface area contributed by atoms with E-state index in [1.165, 1.54) is 38.5 Å². The Morgan fingerprint density at radius 2 is 1.87 bits per heavy atom. The van der Waals surface area contributed by atoms with Gasteiger partial charge in [0, 0.05) is 12.3 Å². The molecule has 0 radical (unpaired) electrons. The molecule has 0 unspecified atom stereocenters. The smallest absolute Gasteiger partial charge is 0.171 e. The van der Waals surface area contributed by atoms with Crippen molar-refractivity contribution in [3.8, 4) is 0 Å². The maximum atomic E-state index is 10.3. The third-order valence-corrected chi connectivity index (χ3v) is 11.3. The summed E-state index contributed by atoms with van der Waals surface area (Å²) in [4.78, 5) is 0. The fourth-order valence-corrected chi connectivity index (χ4v) is 9.66. The average molecular weight is 415 g/mol. The zero-order valence-corrected chi connectivity index (χ0v) is 19.5. The molecule has 30 heavy (non-hydrogen) atoms. The van der Waals surface area contributed by atoms with Crippen molar-refractivity contribution >= 4 is 0 Å². The summed E-state index contributed by atoms with van der Waals surface area (Å²) in [7, 11) is 0. The van der Waals surface area contributed by atoms with Crippen molar-refractivity contribution in [1.29, 1.82) is 0 Å². The van der Waals surface area contributed by atoms with Gasteiger partial charge in [-0.3, -0.25) is 0 Å². The quantitative estimate of drug-likeness (QED) is 0.516. The third-order valence-electron chi connectivity index (χ3n) is 11.3. The average Bonchev–Trinajstić information content (AvgIpc) is 3.16. The van der Waals surface area contributed by atoms with Crippen molar-refractivity contribution in [1.82, 2.24) is 0 Å². The maximum Gasteiger partial charge on any atom is 0.171 e. The molecule has 4 aliphatic carbocycles. The van der Waals surface area contributed by atoms with Gasteiger partial charge in [-0.1, -0.05) is 39.3 Å². The van der Waals surface area contributed by atoms with E-state index in [2.05, 4.69) is 33.8 Å². The first-order valence-corrected chi connectivity index (χ1v) is 13.0. The minimum atomic E-state index is -0.294. The van der Waals surface area contributed by atoms with Crippen molar-refractivity contribution in [3.63, 3.8) is 0 Å². The first-order chi connectivity index (χ1) is 14.3. The first kappa shape index (κ1) is 20.2. The van der Waals surface area contributed by atoms with Crippen molar-refractivity contribution < 1.29 is 14.6 Å². The zero-order chi connectivity index (χ0) is 20.9. The fraction of sp³-hybridized carbons (Fsp3) is 0.926. The summed E-state index contributed by atoms with van der Waals surface area (Å²) in [6, 6.07) is 0. The van der Waals surface area contributed by atoms with E-state index >= 15 is 0 Å². The van der Waals surface area contributed by atoms with Crippen LogP contribution in [0.2, 0.25) is 0 Å². The highest BCUT2D eigenvalue weighted by molar-refractivity contribution is 5.26. The molecule has 168 valence electrons. The van der Waals surface area contributed by atoms with Gasteiger partial charge in [0.1, 0.15) is 0 Å². The van der Waals surface area contributed by atoms with Crippen molar-refractivity contribution in [2.24, 2.45) is 46.3 Å². The molecule has 2 saturated heterocycles. The summed E-state index contributed by atoms with van der Waals surface area (Å²) in [5.41, 5.74) is 2.31. The highest BCUT2D eigenvalue weighted by atomic mass is 16.7. The van der Waals surface area contributed by atoms with Crippen LogP contribution in [-0.2, 0) is 9.47 Å². The van der Waals surface area contributed by atoms with Gasteiger partial charge in [-0.2, -0.15) is 0 Å². The minimum Gasteiger partial charge on any atom is -0.393 e. The van der Waals surface area contributed by atoms with E-state index in [0.29, 0.717) is 34.7 Å². The largest absolute Gasteiger partial charge is 0.393 e. The second-order valence-electron chi connectivity index (χ2n) is 12.7. The Kier molecular flexibility index (Phi) is 4.44. The van der Waals surface area contributed by atoms with Crippen LogP contribution in [0.5, 0.6) is 0 Å². The molecular weight excluding hydrogens is 372 g/mol. The van der Waals surface area contributed by atoms with Crippen LogP contribution in [0.3, 0.4) is 0 Å². The van der Waals surface area contributed by atoms with Gasteiger partial charge in [0.2, 0.25) is 0 Å². The molecule has 11 atom stereocenters. The van der Waals surface area contributed by atoms with Gasteiger partial charge in [-0.05, 0) is 91.8 Å². The third kappa shape index (κ3) is 2.55. The number of ether oxygens (including phenoxy) is 2. The molecule has 3 saturated carbocycles. The Labute approximate surface area is 183 Å². The highest BCUT2D eigenvalue weighted by Crippen LogP contribution is 2.70. The monoisotopic (exact) mass is 414 g/mol. The van der Waals surface area contributed by atoms with Crippen molar-refractivity contribution in [3.05, 3.63) is 11.6 Å². The number of aliphatic hydroxyl groups is 1. The molecule has 0 aromatic rings. The van der Waals surface area contributed by atoms with E-state index in [1.807, 2.05) is 0 Å². The molecule has 3 heteroatoms. The maximum absolute atomic E-state index is 10.3. The molecule has 2 aliphatic heterocycles. The van der Waals surface area contributed by atoms with E-state index in [1.54, 1.807) is 5.57 Å². The molecule has 0 amide bonds. The highest BCUT2D eigenvalue weighted by Gasteiger charge is 2.68. The predicted molar refractivity (Wildman–Crippen MR) is 118 cm³/mol. The van der Waals surface area contributed by atoms with Gasteiger partial charge < -0.3 is 14.6 Å². The standard InChI is InChI=1S/C27H42O3/c1-16-7-12-27(29-15-16)17(2)24-23(30-27)14-22-20-6-5-18-13-19(28)8-10-25(18,3)21(20)9-11-26(22,24)4/h5,16-17,19-24,28H,6-15H2,1-4H3/t16-,17-,19-,20+,21-,22-,23-,24+,25+,26+,27+/m1/s1. The Morgan fingerprint density at radius 1 is 1.03 bits per heavy atom. The van der Waals surface area contributed by atoms with Gasteiger partial charge >= 0.3 is 0 Å². The Morgan fingerprint density at radius 3 is 2.63 bits per heavy atom. The molecule has 3 nitrogen and oxygen atoms in total. The fourth-order valence-electron chi connectivity index (χ4n) is 9.66. The SMILES string of the molecule is C[C@@H]1CC[C@]2(OC1)O[C@@H]1C[C@@H]3[C@H]4CC=C5C[C@H](O)CC[C@]5(C)[C@@H]4CC[C@]3(C)[C@H]1[C@H]2C. The number of hydrogen-bond acceptors (Lipinski definition) is 3. The second kappa shape index (κ2) is 6.58. The summed E-state index contributed by atoms with van der Waals surface area (Å²) in [5.74, 6) is 3.94. The molecule has 0 aromatic heterocycles. The predicted octanol–water partition coefficient (Wildman–Crippen LogP) is 5.71. The van der Waals surface area contributed by atoms with Gasteiger partial charge in [-0.15, -0.1) is 0 Å². The second-order valence-corrected chi connectivity index (χ2v) is 12.7.